The summed E-state index contributed by atoms with van der Waals surface area (Å²) in [6, 6.07) is 8.02. The van der Waals surface area contributed by atoms with E-state index in [-0.39, 0.29) is 17.0 Å². The van der Waals surface area contributed by atoms with Crippen molar-refractivity contribution in [3.63, 3.8) is 0 Å². The Morgan fingerprint density at radius 1 is 1.37 bits per heavy atom. The van der Waals surface area contributed by atoms with Crippen LogP contribution in [0.2, 0.25) is 0 Å². The molecule has 0 saturated heterocycles. The topological polar surface area (TPSA) is 82.8 Å². The van der Waals surface area contributed by atoms with Crippen molar-refractivity contribution in [1.29, 1.82) is 5.26 Å². The fourth-order valence-electron chi connectivity index (χ4n) is 1.55. The Labute approximate surface area is 115 Å². The van der Waals surface area contributed by atoms with Crippen LogP contribution in [0, 0.1) is 11.3 Å². The van der Waals surface area contributed by atoms with Crippen LogP contribution in [-0.2, 0) is 16.4 Å². The lowest BCUT2D eigenvalue weighted by Gasteiger charge is -2.07. The van der Waals surface area contributed by atoms with Gasteiger partial charge in [0.15, 0.2) is 0 Å². The summed E-state index contributed by atoms with van der Waals surface area (Å²) in [6.07, 6.45) is 2.29. The number of rotatable bonds is 5. The zero-order valence-electron chi connectivity index (χ0n) is 9.91. The van der Waals surface area contributed by atoms with E-state index in [2.05, 4.69) is 9.71 Å². The summed E-state index contributed by atoms with van der Waals surface area (Å²) in [4.78, 5) is 4.95. The van der Waals surface area contributed by atoms with Gasteiger partial charge in [-0.3, -0.25) is 4.98 Å². The van der Waals surface area contributed by atoms with Gasteiger partial charge in [0.05, 0.1) is 16.0 Å². The Balaban J connectivity index is 2.08. The molecule has 0 spiro atoms. The fraction of sp³-hybridized carbons (Fsp3) is 0.167. The minimum Gasteiger partial charge on any atom is -0.253 e. The van der Waals surface area contributed by atoms with E-state index >= 15 is 0 Å². The molecule has 1 N–H and O–H groups in total. The number of hydrogen-bond acceptors (Lipinski definition) is 5. The number of nitriles is 1. The number of benzene rings is 1. The number of hydrogen-bond donors (Lipinski definition) is 1. The van der Waals surface area contributed by atoms with Crippen molar-refractivity contribution in [3.8, 4) is 6.07 Å². The molecule has 1 heterocycles. The molecule has 2 rings (SSSR count). The smallest absolute Gasteiger partial charge is 0.241 e. The molecule has 0 amide bonds. The van der Waals surface area contributed by atoms with E-state index in [4.69, 9.17) is 5.26 Å². The molecule has 2 aromatic rings. The van der Waals surface area contributed by atoms with Crippen molar-refractivity contribution >= 4 is 21.4 Å². The van der Waals surface area contributed by atoms with Gasteiger partial charge in [-0.1, -0.05) is 12.1 Å². The summed E-state index contributed by atoms with van der Waals surface area (Å²) in [5.41, 5.74) is 1.85. The maximum Gasteiger partial charge on any atom is 0.241 e. The molecule has 0 fully saturated rings. The lowest BCUT2D eigenvalue weighted by Crippen LogP contribution is -2.26. The zero-order valence-corrected chi connectivity index (χ0v) is 11.5. The zero-order chi connectivity index (χ0) is 13.7. The Kier molecular flexibility index (Phi) is 4.27. The highest BCUT2D eigenvalue weighted by Crippen LogP contribution is 2.14. The first-order valence-corrected chi connectivity index (χ1v) is 7.86. The molecule has 19 heavy (non-hydrogen) atoms. The van der Waals surface area contributed by atoms with Crippen LogP contribution in [0.15, 0.2) is 40.9 Å². The maximum atomic E-state index is 12.1. The van der Waals surface area contributed by atoms with Crippen LogP contribution < -0.4 is 4.72 Å². The van der Waals surface area contributed by atoms with Crippen LogP contribution >= 0.6 is 11.3 Å². The second-order valence-electron chi connectivity index (χ2n) is 3.72. The van der Waals surface area contributed by atoms with E-state index in [1.807, 2.05) is 6.07 Å². The predicted molar refractivity (Wildman–Crippen MR) is 72.2 cm³/mol. The molecule has 1 aromatic carbocycles. The monoisotopic (exact) mass is 293 g/mol. The van der Waals surface area contributed by atoms with Crippen LogP contribution in [0.3, 0.4) is 0 Å². The first-order chi connectivity index (χ1) is 9.13. The van der Waals surface area contributed by atoms with Crippen molar-refractivity contribution in [2.45, 2.75) is 11.3 Å². The molecule has 5 nitrogen and oxygen atoms in total. The Morgan fingerprint density at radius 2 is 2.16 bits per heavy atom. The van der Waals surface area contributed by atoms with Gasteiger partial charge in [-0.15, -0.1) is 11.3 Å². The van der Waals surface area contributed by atoms with E-state index < -0.39 is 10.0 Å². The summed E-state index contributed by atoms with van der Waals surface area (Å²) in [6.45, 7) is 0.282. The van der Waals surface area contributed by atoms with E-state index in [9.17, 15) is 8.42 Å². The first-order valence-electron chi connectivity index (χ1n) is 5.49. The Bertz CT molecular complexity index is 688. The van der Waals surface area contributed by atoms with Crippen molar-refractivity contribution < 1.29 is 8.42 Å². The van der Waals surface area contributed by atoms with Gasteiger partial charge in [-0.2, -0.15) is 5.26 Å². The predicted octanol–water partition coefficient (Wildman–Crippen LogP) is 1.54. The van der Waals surface area contributed by atoms with Gasteiger partial charge in [0.1, 0.15) is 6.07 Å². The summed E-state index contributed by atoms with van der Waals surface area (Å²) >= 11 is 1.48. The largest absolute Gasteiger partial charge is 0.253 e. The SMILES string of the molecule is N#Cc1ccccc1S(=O)(=O)NCCc1cncs1. The first kappa shape index (κ1) is 13.7. The molecule has 0 atom stereocenters. The van der Waals surface area contributed by atoms with Crippen LogP contribution in [0.1, 0.15) is 10.4 Å². The molecule has 0 bridgehead atoms. The third-order valence-corrected chi connectivity index (χ3v) is 4.80. The van der Waals surface area contributed by atoms with Gasteiger partial charge < -0.3 is 0 Å². The quantitative estimate of drug-likeness (QED) is 0.906. The van der Waals surface area contributed by atoms with Gasteiger partial charge in [0.2, 0.25) is 10.0 Å². The van der Waals surface area contributed by atoms with Crippen LogP contribution in [0.5, 0.6) is 0 Å². The second-order valence-corrected chi connectivity index (χ2v) is 6.43. The highest BCUT2D eigenvalue weighted by atomic mass is 32.2. The molecule has 0 aliphatic heterocycles. The molecule has 0 aliphatic carbocycles. The molecular formula is C12H11N3O2S2. The lowest BCUT2D eigenvalue weighted by atomic mass is 10.2. The molecule has 98 valence electrons. The second kappa shape index (κ2) is 5.93. The van der Waals surface area contributed by atoms with Gasteiger partial charge in [-0.25, -0.2) is 13.1 Å². The van der Waals surface area contributed by atoms with E-state index in [1.165, 1.54) is 23.5 Å². The number of nitrogens with zero attached hydrogens (tertiary/aromatic N) is 2. The minimum absolute atomic E-state index is 0.0156. The van der Waals surface area contributed by atoms with Gasteiger partial charge in [0.25, 0.3) is 0 Å². The normalized spacial score (nSPS) is 11.1. The number of sulfonamides is 1. The molecule has 0 aliphatic rings. The van der Waals surface area contributed by atoms with Crippen molar-refractivity contribution in [3.05, 3.63) is 46.4 Å². The van der Waals surface area contributed by atoms with Crippen molar-refractivity contribution in [1.82, 2.24) is 9.71 Å². The van der Waals surface area contributed by atoms with Crippen LogP contribution in [0.4, 0.5) is 0 Å². The Hall–Kier alpha value is -1.75. The third kappa shape index (κ3) is 3.38. The number of thiazole rings is 1. The molecule has 1 aromatic heterocycles. The standard InChI is InChI=1S/C12H11N3O2S2/c13-7-10-3-1-2-4-12(10)19(16,17)15-6-5-11-8-14-9-18-11/h1-4,8-9,15H,5-6H2. The van der Waals surface area contributed by atoms with Gasteiger partial charge in [0, 0.05) is 17.6 Å². The highest BCUT2D eigenvalue weighted by Gasteiger charge is 2.17. The molecule has 0 unspecified atom stereocenters. The van der Waals surface area contributed by atoms with E-state index in [0.717, 1.165) is 4.88 Å². The number of nitrogens with one attached hydrogen (secondary N) is 1. The minimum atomic E-state index is -3.64. The molecule has 0 saturated carbocycles. The van der Waals surface area contributed by atoms with Gasteiger partial charge >= 0.3 is 0 Å². The average molecular weight is 293 g/mol. The van der Waals surface area contributed by atoms with E-state index in [1.54, 1.807) is 23.8 Å². The van der Waals surface area contributed by atoms with Crippen molar-refractivity contribution in [2.24, 2.45) is 0 Å². The molecular weight excluding hydrogens is 282 g/mol. The van der Waals surface area contributed by atoms with Crippen LogP contribution in [0.25, 0.3) is 0 Å². The summed E-state index contributed by atoms with van der Waals surface area (Å²) in [5.74, 6) is 0. The maximum absolute atomic E-state index is 12.1. The van der Waals surface area contributed by atoms with Crippen LogP contribution in [-0.4, -0.2) is 19.9 Å². The summed E-state index contributed by atoms with van der Waals surface area (Å²) in [5, 5.41) is 8.91. The number of aromatic nitrogens is 1. The third-order valence-electron chi connectivity index (χ3n) is 2.44. The lowest BCUT2D eigenvalue weighted by molar-refractivity contribution is 0.581. The summed E-state index contributed by atoms with van der Waals surface area (Å²) < 4.78 is 26.6. The molecule has 0 radical (unpaired) electrons. The Morgan fingerprint density at radius 3 is 2.84 bits per heavy atom. The molecule has 7 heteroatoms. The van der Waals surface area contributed by atoms with E-state index in [0.29, 0.717) is 6.42 Å². The van der Waals surface area contributed by atoms with Crippen molar-refractivity contribution in [2.75, 3.05) is 6.54 Å². The highest BCUT2D eigenvalue weighted by molar-refractivity contribution is 7.89. The van der Waals surface area contributed by atoms with Gasteiger partial charge in [-0.05, 0) is 18.6 Å². The average Bonchev–Trinajstić information content (AvgIpc) is 2.91. The summed E-state index contributed by atoms with van der Waals surface area (Å²) in [7, 11) is -3.64. The fourth-order valence-corrected chi connectivity index (χ4v) is 3.33.